The molecule has 3 nitrogen and oxygen atoms in total. The number of rotatable bonds is 6. The average molecular weight is 193 g/mol. The third-order valence-electron chi connectivity index (χ3n) is 1.80. The standard InChI is InChI=1S/C11H15NO2/c1-3-4-5-6-9(2)7-10(8-12)11(13)14/h7H,2-6H2,1H3,(H,13,14). The molecular weight excluding hydrogens is 178 g/mol. The van der Waals surface area contributed by atoms with Crippen LogP contribution in [0.1, 0.15) is 32.6 Å². The summed E-state index contributed by atoms with van der Waals surface area (Å²) in [4.78, 5) is 10.5. The highest BCUT2D eigenvalue weighted by molar-refractivity contribution is 5.91. The number of nitrogens with zero attached hydrogens (tertiary/aromatic N) is 1. The average Bonchev–Trinajstić information content (AvgIpc) is 2.14. The van der Waals surface area contributed by atoms with Gasteiger partial charge in [0.1, 0.15) is 11.6 Å². The van der Waals surface area contributed by atoms with Gasteiger partial charge in [-0.05, 0) is 18.9 Å². The first-order valence-corrected chi connectivity index (χ1v) is 4.64. The molecule has 3 heteroatoms. The summed E-state index contributed by atoms with van der Waals surface area (Å²) in [5, 5.41) is 17.0. The number of allylic oxidation sites excluding steroid dienone is 2. The van der Waals surface area contributed by atoms with Crippen molar-refractivity contribution in [1.29, 1.82) is 5.26 Å². The van der Waals surface area contributed by atoms with E-state index < -0.39 is 5.97 Å². The van der Waals surface area contributed by atoms with Crippen molar-refractivity contribution >= 4 is 5.97 Å². The Balaban J connectivity index is 4.14. The SMILES string of the molecule is C=C(C=C(C#N)C(=O)O)CCCCC. The molecule has 0 heterocycles. The van der Waals surface area contributed by atoms with Crippen molar-refractivity contribution in [1.82, 2.24) is 0 Å². The highest BCUT2D eigenvalue weighted by atomic mass is 16.4. The van der Waals surface area contributed by atoms with Crippen molar-refractivity contribution in [3.8, 4) is 6.07 Å². The largest absolute Gasteiger partial charge is 0.477 e. The molecule has 0 rings (SSSR count). The van der Waals surface area contributed by atoms with E-state index in [4.69, 9.17) is 10.4 Å². The minimum atomic E-state index is -1.19. The highest BCUT2D eigenvalue weighted by Crippen LogP contribution is 2.10. The predicted molar refractivity (Wildman–Crippen MR) is 54.6 cm³/mol. The van der Waals surface area contributed by atoms with Crippen molar-refractivity contribution in [2.45, 2.75) is 32.6 Å². The fourth-order valence-corrected chi connectivity index (χ4v) is 1.02. The summed E-state index contributed by atoms with van der Waals surface area (Å²) >= 11 is 0. The van der Waals surface area contributed by atoms with Crippen molar-refractivity contribution in [2.24, 2.45) is 0 Å². The fraction of sp³-hybridized carbons (Fsp3) is 0.455. The van der Waals surface area contributed by atoms with E-state index in [0.717, 1.165) is 25.7 Å². The predicted octanol–water partition coefficient (Wildman–Crippen LogP) is 2.66. The number of carbonyl (C=O) groups is 1. The third-order valence-corrected chi connectivity index (χ3v) is 1.80. The van der Waals surface area contributed by atoms with E-state index in [-0.39, 0.29) is 5.57 Å². The topological polar surface area (TPSA) is 61.1 Å². The van der Waals surface area contributed by atoms with Gasteiger partial charge in [-0.2, -0.15) is 5.26 Å². The zero-order chi connectivity index (χ0) is 11.0. The van der Waals surface area contributed by atoms with Gasteiger partial charge < -0.3 is 5.11 Å². The van der Waals surface area contributed by atoms with Gasteiger partial charge in [-0.25, -0.2) is 4.79 Å². The molecule has 0 bridgehead atoms. The second-order valence-corrected chi connectivity index (χ2v) is 3.09. The second-order valence-electron chi connectivity index (χ2n) is 3.09. The molecule has 0 aromatic carbocycles. The van der Waals surface area contributed by atoms with Crippen LogP contribution in [0.15, 0.2) is 23.8 Å². The second kappa shape index (κ2) is 6.90. The number of hydrogen-bond donors (Lipinski definition) is 1. The smallest absolute Gasteiger partial charge is 0.346 e. The maximum absolute atomic E-state index is 10.5. The summed E-state index contributed by atoms with van der Waals surface area (Å²) in [5.74, 6) is -1.19. The van der Waals surface area contributed by atoms with Crippen LogP contribution in [0.4, 0.5) is 0 Å². The molecule has 1 N–H and O–H groups in total. The molecule has 0 saturated carbocycles. The quantitative estimate of drug-likeness (QED) is 0.305. The van der Waals surface area contributed by atoms with Crippen LogP contribution in [-0.4, -0.2) is 11.1 Å². The normalized spacial score (nSPS) is 10.7. The maximum Gasteiger partial charge on any atom is 0.346 e. The lowest BCUT2D eigenvalue weighted by molar-refractivity contribution is -0.132. The molecule has 0 atom stereocenters. The van der Waals surface area contributed by atoms with Gasteiger partial charge in [0.15, 0.2) is 0 Å². The Morgan fingerprint density at radius 1 is 1.57 bits per heavy atom. The number of carboxylic acid groups (broad SMARTS) is 1. The molecule has 0 unspecified atom stereocenters. The number of nitriles is 1. The molecule has 0 radical (unpaired) electrons. The van der Waals surface area contributed by atoms with Crippen LogP contribution in [0.5, 0.6) is 0 Å². The van der Waals surface area contributed by atoms with E-state index in [1.54, 1.807) is 6.07 Å². The van der Waals surface area contributed by atoms with Crippen molar-refractivity contribution in [3.63, 3.8) is 0 Å². The molecule has 76 valence electrons. The van der Waals surface area contributed by atoms with Gasteiger partial charge in [0.25, 0.3) is 0 Å². The van der Waals surface area contributed by atoms with Gasteiger partial charge in [0, 0.05) is 0 Å². The summed E-state index contributed by atoms with van der Waals surface area (Å²) < 4.78 is 0. The van der Waals surface area contributed by atoms with Crippen molar-refractivity contribution in [2.75, 3.05) is 0 Å². The van der Waals surface area contributed by atoms with Crippen LogP contribution in [0.2, 0.25) is 0 Å². The van der Waals surface area contributed by atoms with E-state index in [0.29, 0.717) is 5.57 Å². The van der Waals surface area contributed by atoms with Crippen molar-refractivity contribution in [3.05, 3.63) is 23.8 Å². The third kappa shape index (κ3) is 5.15. The molecule has 0 fully saturated rings. The van der Waals surface area contributed by atoms with E-state index in [9.17, 15) is 4.79 Å². The zero-order valence-electron chi connectivity index (χ0n) is 8.42. The van der Waals surface area contributed by atoms with Crippen LogP contribution in [-0.2, 0) is 4.79 Å². The lowest BCUT2D eigenvalue weighted by Crippen LogP contribution is -1.98. The molecule has 0 aromatic rings. The first-order valence-electron chi connectivity index (χ1n) is 4.64. The van der Waals surface area contributed by atoms with Gasteiger partial charge in [-0.1, -0.05) is 31.9 Å². The molecular formula is C11H15NO2. The summed E-state index contributed by atoms with van der Waals surface area (Å²) in [5.41, 5.74) is 0.462. The van der Waals surface area contributed by atoms with E-state index >= 15 is 0 Å². The van der Waals surface area contributed by atoms with Gasteiger partial charge >= 0.3 is 5.97 Å². The molecule has 0 saturated heterocycles. The van der Waals surface area contributed by atoms with E-state index in [1.165, 1.54) is 6.08 Å². The van der Waals surface area contributed by atoms with E-state index in [1.807, 2.05) is 0 Å². The summed E-state index contributed by atoms with van der Waals surface area (Å²) in [6.45, 7) is 5.80. The Morgan fingerprint density at radius 3 is 2.64 bits per heavy atom. The van der Waals surface area contributed by atoms with Crippen molar-refractivity contribution < 1.29 is 9.90 Å². The lowest BCUT2D eigenvalue weighted by atomic mass is 10.1. The van der Waals surface area contributed by atoms with Gasteiger partial charge in [0.2, 0.25) is 0 Å². The summed E-state index contributed by atoms with van der Waals surface area (Å²) in [6, 6.07) is 1.62. The Labute approximate surface area is 84.4 Å². The van der Waals surface area contributed by atoms with Crippen LogP contribution in [0.3, 0.4) is 0 Å². The molecule has 0 amide bonds. The van der Waals surface area contributed by atoms with Gasteiger partial charge in [-0.15, -0.1) is 0 Å². The van der Waals surface area contributed by atoms with Crippen LogP contribution in [0, 0.1) is 11.3 Å². The monoisotopic (exact) mass is 193 g/mol. The van der Waals surface area contributed by atoms with Crippen LogP contribution >= 0.6 is 0 Å². The minimum absolute atomic E-state index is 0.244. The highest BCUT2D eigenvalue weighted by Gasteiger charge is 2.05. The van der Waals surface area contributed by atoms with Crippen LogP contribution < -0.4 is 0 Å². The Bertz CT molecular complexity index is 284. The van der Waals surface area contributed by atoms with Gasteiger partial charge in [0.05, 0.1) is 0 Å². The summed E-state index contributed by atoms with van der Waals surface area (Å²) in [6.07, 6.45) is 5.30. The molecule has 0 spiro atoms. The first kappa shape index (κ1) is 12.4. The number of hydrogen-bond acceptors (Lipinski definition) is 2. The first-order chi connectivity index (χ1) is 6.61. The Hall–Kier alpha value is -1.56. The zero-order valence-corrected chi connectivity index (χ0v) is 8.42. The Morgan fingerprint density at radius 2 is 2.21 bits per heavy atom. The maximum atomic E-state index is 10.5. The number of aliphatic carboxylic acids is 1. The molecule has 14 heavy (non-hydrogen) atoms. The molecule has 0 aliphatic heterocycles. The van der Waals surface area contributed by atoms with E-state index in [2.05, 4.69) is 13.5 Å². The lowest BCUT2D eigenvalue weighted by Gasteiger charge is -1.98. The summed E-state index contributed by atoms with van der Waals surface area (Å²) in [7, 11) is 0. The molecule has 0 aliphatic carbocycles. The number of unbranched alkanes of at least 4 members (excludes halogenated alkanes) is 2. The molecule has 0 aromatic heterocycles. The Kier molecular flexibility index (Phi) is 6.13. The fourth-order valence-electron chi connectivity index (χ4n) is 1.02. The van der Waals surface area contributed by atoms with Crippen LogP contribution in [0.25, 0.3) is 0 Å². The molecule has 0 aliphatic rings. The van der Waals surface area contributed by atoms with Gasteiger partial charge in [-0.3, -0.25) is 0 Å². The minimum Gasteiger partial charge on any atom is -0.477 e. The number of carboxylic acids is 1.